The summed E-state index contributed by atoms with van der Waals surface area (Å²) < 4.78 is 7.17. The molecule has 0 amide bonds. The first-order valence-electron chi connectivity index (χ1n) is 7.18. The maximum absolute atomic E-state index is 12.1. The van der Waals surface area contributed by atoms with Gasteiger partial charge in [-0.1, -0.05) is 23.7 Å². The summed E-state index contributed by atoms with van der Waals surface area (Å²) in [5, 5.41) is 5.11. The number of hydrogen-bond donors (Lipinski definition) is 0. The van der Waals surface area contributed by atoms with Crippen molar-refractivity contribution in [2.24, 2.45) is 5.41 Å². The molecule has 2 aromatic rings. The number of hydrogen-bond acceptors (Lipinski definition) is 3. The van der Waals surface area contributed by atoms with Crippen LogP contribution in [0.3, 0.4) is 0 Å². The molecule has 1 aromatic heterocycles. The van der Waals surface area contributed by atoms with E-state index in [1.165, 1.54) is 0 Å². The molecule has 0 unspecified atom stereocenters. The van der Waals surface area contributed by atoms with Crippen LogP contribution in [0, 0.1) is 19.3 Å². The van der Waals surface area contributed by atoms with E-state index in [0.29, 0.717) is 12.4 Å². The number of benzene rings is 1. The summed E-state index contributed by atoms with van der Waals surface area (Å²) >= 11 is 6.15. The lowest BCUT2D eigenvalue weighted by Crippen LogP contribution is -2.26. The molecule has 0 saturated carbocycles. The standard InChI is InChI=1S/C17H21ClN2O2/c1-11-6-7-13(9-14(11)18)10-20-15(8-12(2)19-20)22-16(21)17(3,4)5/h6-9H,10H2,1-5H3. The molecule has 0 spiro atoms. The van der Waals surface area contributed by atoms with Crippen molar-refractivity contribution in [2.45, 2.75) is 41.2 Å². The van der Waals surface area contributed by atoms with Gasteiger partial charge in [0.05, 0.1) is 17.7 Å². The van der Waals surface area contributed by atoms with Crippen LogP contribution in [0.4, 0.5) is 0 Å². The molecular formula is C17H21ClN2O2. The van der Waals surface area contributed by atoms with Crippen LogP contribution in [-0.4, -0.2) is 15.7 Å². The second kappa shape index (κ2) is 6.13. The zero-order chi connectivity index (χ0) is 16.5. The Morgan fingerprint density at radius 1 is 1.27 bits per heavy atom. The number of halogens is 1. The van der Waals surface area contributed by atoms with E-state index in [0.717, 1.165) is 21.8 Å². The van der Waals surface area contributed by atoms with Crippen molar-refractivity contribution < 1.29 is 9.53 Å². The first-order chi connectivity index (χ1) is 10.2. The quantitative estimate of drug-likeness (QED) is 0.798. The number of nitrogens with zero attached hydrogens (tertiary/aromatic N) is 2. The zero-order valence-corrected chi connectivity index (χ0v) is 14.4. The van der Waals surface area contributed by atoms with E-state index in [4.69, 9.17) is 16.3 Å². The Morgan fingerprint density at radius 2 is 1.95 bits per heavy atom. The first kappa shape index (κ1) is 16.6. The van der Waals surface area contributed by atoms with Crippen molar-refractivity contribution >= 4 is 17.6 Å². The van der Waals surface area contributed by atoms with E-state index < -0.39 is 5.41 Å². The summed E-state index contributed by atoms with van der Waals surface area (Å²) in [5.41, 5.74) is 2.28. The SMILES string of the molecule is Cc1cc(OC(=O)C(C)(C)C)n(Cc2ccc(C)c(Cl)c2)n1. The van der Waals surface area contributed by atoms with E-state index in [9.17, 15) is 4.79 Å². The molecule has 0 saturated heterocycles. The smallest absolute Gasteiger partial charge is 0.317 e. The van der Waals surface area contributed by atoms with Crippen LogP contribution >= 0.6 is 11.6 Å². The Morgan fingerprint density at radius 3 is 2.55 bits per heavy atom. The van der Waals surface area contributed by atoms with Crippen molar-refractivity contribution in [3.8, 4) is 5.88 Å². The van der Waals surface area contributed by atoms with Crippen LogP contribution in [0.1, 0.15) is 37.6 Å². The molecule has 0 fully saturated rings. The van der Waals surface area contributed by atoms with E-state index in [1.54, 1.807) is 10.7 Å². The molecule has 0 atom stereocenters. The largest absolute Gasteiger partial charge is 0.407 e. The van der Waals surface area contributed by atoms with Crippen LogP contribution in [0.5, 0.6) is 5.88 Å². The second-order valence-corrected chi connectivity index (χ2v) is 6.91. The van der Waals surface area contributed by atoms with Crippen molar-refractivity contribution in [1.82, 2.24) is 9.78 Å². The van der Waals surface area contributed by atoms with E-state index in [1.807, 2.05) is 52.8 Å². The number of esters is 1. The number of carbonyl (C=O) groups is 1. The van der Waals surface area contributed by atoms with E-state index in [2.05, 4.69) is 5.10 Å². The van der Waals surface area contributed by atoms with Crippen molar-refractivity contribution in [3.63, 3.8) is 0 Å². The normalized spacial score (nSPS) is 11.5. The van der Waals surface area contributed by atoms with Gasteiger partial charge < -0.3 is 4.74 Å². The van der Waals surface area contributed by atoms with Gasteiger partial charge in [0.1, 0.15) is 0 Å². The third-order valence-electron chi connectivity index (χ3n) is 3.24. The first-order valence-corrected chi connectivity index (χ1v) is 7.56. The Kier molecular flexibility index (Phi) is 4.61. The highest BCUT2D eigenvalue weighted by Crippen LogP contribution is 2.22. The van der Waals surface area contributed by atoms with Crippen molar-refractivity contribution in [2.75, 3.05) is 0 Å². The molecule has 0 radical (unpaired) electrons. The summed E-state index contributed by atoms with van der Waals surface area (Å²) in [7, 11) is 0. The second-order valence-electron chi connectivity index (χ2n) is 6.50. The zero-order valence-electron chi connectivity index (χ0n) is 13.6. The molecule has 2 rings (SSSR count). The Balaban J connectivity index is 2.24. The molecule has 0 aliphatic rings. The Hall–Kier alpha value is -1.81. The Bertz CT molecular complexity index is 699. The van der Waals surface area contributed by atoms with Gasteiger partial charge in [0, 0.05) is 11.1 Å². The van der Waals surface area contributed by atoms with Gasteiger partial charge in [-0.05, 0) is 51.8 Å². The molecule has 1 heterocycles. The van der Waals surface area contributed by atoms with Crippen molar-refractivity contribution in [3.05, 3.63) is 46.1 Å². The predicted molar refractivity (Wildman–Crippen MR) is 87.3 cm³/mol. The maximum Gasteiger partial charge on any atom is 0.317 e. The minimum absolute atomic E-state index is 0.282. The molecule has 5 heteroatoms. The minimum atomic E-state index is -0.559. The number of rotatable bonds is 3. The molecule has 1 aromatic carbocycles. The van der Waals surface area contributed by atoms with Gasteiger partial charge >= 0.3 is 5.97 Å². The highest BCUT2D eigenvalue weighted by molar-refractivity contribution is 6.31. The number of carbonyl (C=O) groups excluding carboxylic acids is 1. The van der Waals surface area contributed by atoms with Gasteiger partial charge in [0.15, 0.2) is 0 Å². The fourth-order valence-corrected chi connectivity index (χ4v) is 2.08. The Labute approximate surface area is 136 Å². The molecule has 0 bridgehead atoms. The van der Waals surface area contributed by atoms with Gasteiger partial charge in [-0.3, -0.25) is 4.79 Å². The van der Waals surface area contributed by atoms with Crippen LogP contribution in [0.15, 0.2) is 24.3 Å². The van der Waals surface area contributed by atoms with Gasteiger partial charge in [0.2, 0.25) is 5.88 Å². The molecule has 0 aliphatic carbocycles. The highest BCUT2D eigenvalue weighted by Gasteiger charge is 2.25. The summed E-state index contributed by atoms with van der Waals surface area (Å²) in [4.78, 5) is 12.1. The third kappa shape index (κ3) is 3.89. The summed E-state index contributed by atoms with van der Waals surface area (Å²) in [6.45, 7) is 9.79. The molecule has 118 valence electrons. The maximum atomic E-state index is 12.1. The summed E-state index contributed by atoms with van der Waals surface area (Å²) in [5.74, 6) is 0.171. The number of ether oxygens (including phenoxy) is 1. The van der Waals surface area contributed by atoms with Gasteiger partial charge in [-0.15, -0.1) is 0 Å². The molecule has 4 nitrogen and oxygen atoms in total. The summed E-state index contributed by atoms with van der Waals surface area (Å²) in [6.07, 6.45) is 0. The van der Waals surface area contributed by atoms with E-state index >= 15 is 0 Å². The lowest BCUT2D eigenvalue weighted by molar-refractivity contribution is -0.143. The van der Waals surface area contributed by atoms with Gasteiger partial charge in [0.25, 0.3) is 0 Å². The van der Waals surface area contributed by atoms with Crippen LogP contribution < -0.4 is 4.74 Å². The molecule has 22 heavy (non-hydrogen) atoms. The van der Waals surface area contributed by atoms with Gasteiger partial charge in [-0.2, -0.15) is 5.10 Å². The van der Waals surface area contributed by atoms with Crippen molar-refractivity contribution in [1.29, 1.82) is 0 Å². The van der Waals surface area contributed by atoms with Crippen LogP contribution in [0.2, 0.25) is 5.02 Å². The average Bonchev–Trinajstić information content (AvgIpc) is 2.73. The predicted octanol–water partition coefficient (Wildman–Crippen LogP) is 4.15. The third-order valence-corrected chi connectivity index (χ3v) is 3.65. The monoisotopic (exact) mass is 320 g/mol. The fourth-order valence-electron chi connectivity index (χ4n) is 1.87. The molecule has 0 N–H and O–H groups in total. The van der Waals surface area contributed by atoms with E-state index in [-0.39, 0.29) is 5.97 Å². The van der Waals surface area contributed by atoms with Gasteiger partial charge in [-0.25, -0.2) is 4.68 Å². The molecular weight excluding hydrogens is 300 g/mol. The lowest BCUT2D eigenvalue weighted by atomic mass is 9.97. The van der Waals surface area contributed by atoms with Crippen LogP contribution in [-0.2, 0) is 11.3 Å². The lowest BCUT2D eigenvalue weighted by Gasteiger charge is -2.16. The number of aromatic nitrogens is 2. The van der Waals surface area contributed by atoms with Crippen LogP contribution in [0.25, 0.3) is 0 Å². The summed E-state index contributed by atoms with van der Waals surface area (Å²) in [6, 6.07) is 7.63. The number of aryl methyl sites for hydroxylation is 2. The topological polar surface area (TPSA) is 44.1 Å². The molecule has 0 aliphatic heterocycles. The average molecular weight is 321 g/mol. The fraction of sp³-hybridized carbons (Fsp3) is 0.412. The highest BCUT2D eigenvalue weighted by atomic mass is 35.5. The minimum Gasteiger partial charge on any atom is -0.407 e.